The van der Waals surface area contributed by atoms with Gasteiger partial charge in [-0.05, 0) is 104 Å². The SMILES string of the molecule is C=C1CC[C@H](O)C/C1=C/C=C1\CCC[C@]2(C)[C@@H]([C@H](C)CCCC(C)C)CC[C@@H]12.CC(=O)N[C@@H](Cc1ccc(O)cc1)C(=O)O.Cn1c(=O)c2c(ncn2C)n(C)c1=O. The van der Waals surface area contributed by atoms with E-state index in [1.807, 2.05) is 0 Å². The molecular weight excluding hydrogens is 735 g/mol. The number of phenolic OH excluding ortho intramolecular Hbond substituents is 1. The first-order chi connectivity index (χ1) is 27.3. The number of hydrogen-bond donors (Lipinski definition) is 4. The minimum atomic E-state index is -1.08. The summed E-state index contributed by atoms with van der Waals surface area (Å²) in [6.07, 6.45) is 19.9. The van der Waals surface area contributed by atoms with Crippen LogP contribution in [0.15, 0.2) is 75.6 Å². The van der Waals surface area contributed by atoms with Gasteiger partial charge >= 0.3 is 11.7 Å². The summed E-state index contributed by atoms with van der Waals surface area (Å²) in [6, 6.07) is 5.24. The Morgan fingerprint density at radius 2 is 1.71 bits per heavy atom. The Hall–Kier alpha value is -4.71. The average Bonchev–Trinajstić information content (AvgIpc) is 3.74. The van der Waals surface area contributed by atoms with E-state index in [1.54, 1.807) is 36.4 Å². The number of aromatic nitrogens is 4. The maximum absolute atomic E-state index is 11.7. The lowest BCUT2D eigenvalue weighted by Crippen LogP contribution is -2.41. The van der Waals surface area contributed by atoms with Crippen LogP contribution in [0.5, 0.6) is 5.75 Å². The number of aliphatic carboxylic acids is 1. The van der Waals surface area contributed by atoms with E-state index in [1.165, 1.54) is 99.5 Å². The van der Waals surface area contributed by atoms with Gasteiger partial charge in [0.15, 0.2) is 11.2 Å². The summed E-state index contributed by atoms with van der Waals surface area (Å²) in [6.45, 7) is 15.4. The van der Waals surface area contributed by atoms with Crippen molar-refractivity contribution in [3.8, 4) is 5.75 Å². The molecule has 6 rings (SSSR count). The second-order valence-corrected chi connectivity index (χ2v) is 17.5. The van der Waals surface area contributed by atoms with Gasteiger partial charge in [-0.1, -0.05) is 89.0 Å². The van der Waals surface area contributed by atoms with E-state index < -0.39 is 12.0 Å². The molecule has 3 fully saturated rings. The summed E-state index contributed by atoms with van der Waals surface area (Å²) in [4.78, 5) is 48.8. The molecule has 6 atom stereocenters. The van der Waals surface area contributed by atoms with Crippen LogP contribution in [0.3, 0.4) is 0 Å². The molecule has 0 saturated heterocycles. The molecule has 3 saturated carbocycles. The Morgan fingerprint density at radius 3 is 2.34 bits per heavy atom. The Kier molecular flexibility index (Phi) is 16.1. The number of rotatable bonds is 10. The van der Waals surface area contributed by atoms with Crippen LogP contribution < -0.4 is 16.6 Å². The van der Waals surface area contributed by atoms with Gasteiger partial charge in [0.05, 0.1) is 12.4 Å². The highest BCUT2D eigenvalue weighted by Crippen LogP contribution is 2.60. The molecule has 3 aromatic rings. The van der Waals surface area contributed by atoms with Crippen LogP contribution in [-0.2, 0) is 37.2 Å². The quantitative estimate of drug-likeness (QED) is 0.168. The number of imidazole rings is 1. The maximum Gasteiger partial charge on any atom is 0.332 e. The number of aliphatic hydroxyl groups excluding tert-OH is 1. The maximum atomic E-state index is 11.7. The van der Waals surface area contributed by atoms with Gasteiger partial charge in [-0.15, -0.1) is 0 Å². The molecule has 12 heteroatoms. The number of phenols is 1. The molecular formula is C46H67N5O7. The fraction of sp³-hybridized carbons (Fsp3) is 0.587. The molecule has 0 radical (unpaired) electrons. The first kappa shape index (κ1) is 46.0. The smallest absolute Gasteiger partial charge is 0.332 e. The van der Waals surface area contributed by atoms with Gasteiger partial charge in [0.1, 0.15) is 11.8 Å². The van der Waals surface area contributed by atoms with Gasteiger partial charge in [0, 0.05) is 34.5 Å². The zero-order valence-electron chi connectivity index (χ0n) is 36.0. The number of carboxylic acids is 1. The first-order valence-corrected chi connectivity index (χ1v) is 20.9. The number of nitrogens with one attached hydrogen (secondary N) is 1. The minimum Gasteiger partial charge on any atom is -0.508 e. The van der Waals surface area contributed by atoms with Gasteiger partial charge in [0.25, 0.3) is 5.56 Å². The van der Waals surface area contributed by atoms with Gasteiger partial charge in [0.2, 0.25) is 5.91 Å². The minimum absolute atomic E-state index is 0.121. The number of amides is 1. The number of allylic oxidation sites excluding steroid dienone is 4. The number of aryl methyl sites for hydroxylation is 2. The van der Waals surface area contributed by atoms with E-state index in [9.17, 15) is 24.3 Å². The molecule has 3 aliphatic carbocycles. The number of aromatic hydroxyl groups is 1. The third-order valence-electron chi connectivity index (χ3n) is 12.7. The van der Waals surface area contributed by atoms with Crippen molar-refractivity contribution in [2.45, 2.75) is 124 Å². The molecule has 2 heterocycles. The second kappa shape index (κ2) is 20.3. The van der Waals surface area contributed by atoms with E-state index in [-0.39, 0.29) is 35.4 Å². The topological polar surface area (TPSA) is 169 Å². The van der Waals surface area contributed by atoms with E-state index in [4.69, 9.17) is 10.2 Å². The molecule has 12 nitrogen and oxygen atoms in total. The fourth-order valence-corrected chi connectivity index (χ4v) is 9.44. The molecule has 1 aromatic carbocycles. The predicted molar refractivity (Wildman–Crippen MR) is 229 cm³/mol. The summed E-state index contributed by atoms with van der Waals surface area (Å²) in [5.74, 6) is 2.03. The van der Waals surface area contributed by atoms with E-state index in [0.29, 0.717) is 16.6 Å². The molecule has 0 bridgehead atoms. The molecule has 58 heavy (non-hydrogen) atoms. The number of carbonyl (C=O) groups excluding carboxylic acids is 1. The van der Waals surface area contributed by atoms with E-state index in [0.717, 1.165) is 53.1 Å². The number of carboxylic acid groups (broad SMARTS) is 1. The Morgan fingerprint density at radius 1 is 1.02 bits per heavy atom. The number of benzene rings is 1. The highest BCUT2D eigenvalue weighted by atomic mass is 16.4. The zero-order chi connectivity index (χ0) is 42.9. The number of nitrogens with zero attached hydrogens (tertiary/aromatic N) is 4. The third kappa shape index (κ3) is 11.5. The fourth-order valence-electron chi connectivity index (χ4n) is 9.44. The van der Waals surface area contributed by atoms with Crippen molar-refractivity contribution < 1.29 is 24.9 Å². The highest BCUT2D eigenvalue weighted by Gasteiger charge is 2.50. The summed E-state index contributed by atoms with van der Waals surface area (Å²) in [5.41, 5.74) is 5.63. The van der Waals surface area contributed by atoms with E-state index >= 15 is 0 Å². The van der Waals surface area contributed by atoms with Crippen molar-refractivity contribution in [3.63, 3.8) is 0 Å². The van der Waals surface area contributed by atoms with Crippen molar-refractivity contribution in [1.29, 1.82) is 0 Å². The monoisotopic (exact) mass is 802 g/mol. The third-order valence-corrected chi connectivity index (χ3v) is 12.7. The summed E-state index contributed by atoms with van der Waals surface area (Å²) in [5, 5.41) is 30.3. The predicted octanol–water partition coefficient (Wildman–Crippen LogP) is 7.11. The molecule has 318 valence electrons. The van der Waals surface area contributed by atoms with Crippen LogP contribution in [0.4, 0.5) is 0 Å². The van der Waals surface area contributed by atoms with Crippen LogP contribution in [0.2, 0.25) is 0 Å². The number of hydrogen-bond acceptors (Lipinski definition) is 7. The van der Waals surface area contributed by atoms with Crippen LogP contribution in [0.1, 0.15) is 111 Å². The van der Waals surface area contributed by atoms with Gasteiger partial charge in [-0.25, -0.2) is 14.6 Å². The first-order valence-electron chi connectivity index (χ1n) is 20.9. The van der Waals surface area contributed by atoms with Crippen molar-refractivity contribution in [3.05, 3.63) is 92.4 Å². The Bertz CT molecular complexity index is 2090. The summed E-state index contributed by atoms with van der Waals surface area (Å²) < 4.78 is 4.04. The van der Waals surface area contributed by atoms with Crippen molar-refractivity contribution in [1.82, 2.24) is 24.0 Å². The Labute approximate surface area is 343 Å². The Balaban J connectivity index is 0.000000210. The molecule has 0 spiro atoms. The van der Waals surface area contributed by atoms with E-state index in [2.05, 4.69) is 56.7 Å². The van der Waals surface area contributed by atoms with Crippen molar-refractivity contribution in [2.24, 2.45) is 50.2 Å². The molecule has 0 aliphatic heterocycles. The van der Waals surface area contributed by atoms with Crippen molar-refractivity contribution in [2.75, 3.05) is 0 Å². The lowest BCUT2D eigenvalue weighted by molar-refractivity contribution is -0.141. The number of carbonyl (C=O) groups is 2. The van der Waals surface area contributed by atoms with Crippen LogP contribution in [-0.4, -0.2) is 58.0 Å². The highest BCUT2D eigenvalue weighted by molar-refractivity contribution is 5.82. The van der Waals surface area contributed by atoms with Crippen LogP contribution >= 0.6 is 0 Å². The van der Waals surface area contributed by atoms with Crippen LogP contribution in [0.25, 0.3) is 11.2 Å². The number of aliphatic hydroxyl groups is 1. The number of fused-ring (bicyclic) bond motifs is 2. The molecule has 0 unspecified atom stereocenters. The van der Waals surface area contributed by atoms with Crippen molar-refractivity contribution >= 4 is 23.0 Å². The summed E-state index contributed by atoms with van der Waals surface area (Å²) in [7, 11) is 4.77. The lowest BCUT2D eigenvalue weighted by atomic mass is 9.60. The lowest BCUT2D eigenvalue weighted by Gasteiger charge is -2.44. The van der Waals surface area contributed by atoms with Gasteiger partial charge in [-0.2, -0.15) is 0 Å². The largest absolute Gasteiger partial charge is 0.508 e. The second-order valence-electron chi connectivity index (χ2n) is 17.5. The molecule has 4 N–H and O–H groups in total. The zero-order valence-corrected chi connectivity index (χ0v) is 36.0. The van der Waals surface area contributed by atoms with Crippen LogP contribution in [0, 0.1) is 29.1 Å². The molecule has 1 amide bonds. The average molecular weight is 802 g/mol. The van der Waals surface area contributed by atoms with Gasteiger partial charge < -0.3 is 25.2 Å². The molecule has 3 aliphatic rings. The normalized spacial score (nSPS) is 24.1. The summed E-state index contributed by atoms with van der Waals surface area (Å²) >= 11 is 0. The standard InChI is InChI=1S/C27H44O.C11H13NO4.C8H10N4O2/c1-19(2)8-6-9-21(4)25-15-16-26-22(10-7-17-27(25,26)5)12-13-23-18-24(28)14-11-20(23)3;1-7(13)12-10(11(15)16)6-8-2-4-9(14)5-3-8;1-10-4-9-6-5(10)7(13)12(3)8(14)11(6)2/h12-13,19,21,24-26,28H,3,6-11,14-18H2,1-2,4-5H3;2-5,10,14H,6H2,1H3,(H,12,13)(H,15,16);4H,1-3H3/b22-12+,23-13-;;/t21-,24+,25-,26+,27-;10-;/m10./s1. The molecule has 2 aromatic heterocycles. The van der Waals surface area contributed by atoms with Gasteiger partial charge in [-0.3, -0.25) is 18.7 Å².